The van der Waals surface area contributed by atoms with Crippen LogP contribution in [0, 0.1) is 20.8 Å². The molecule has 0 spiro atoms. The molecule has 0 radical (unpaired) electrons. The highest BCUT2D eigenvalue weighted by molar-refractivity contribution is 7.92. The van der Waals surface area contributed by atoms with Crippen molar-refractivity contribution in [3.05, 3.63) is 89.5 Å². The Morgan fingerprint density at radius 2 is 1.50 bits per heavy atom. The number of ether oxygens (including phenoxy) is 1. The molecule has 1 N–H and O–H groups in total. The molecule has 0 heterocycles. The van der Waals surface area contributed by atoms with Crippen LogP contribution in [0.4, 0.5) is 5.69 Å². The Morgan fingerprint density at radius 1 is 0.875 bits per heavy atom. The summed E-state index contributed by atoms with van der Waals surface area (Å²) in [7, 11) is -3.92. The molecule has 0 saturated carbocycles. The average Bonchev–Trinajstić information content (AvgIpc) is 2.76. The van der Waals surface area contributed by atoms with Gasteiger partial charge in [-0.15, -0.1) is 0 Å². The van der Waals surface area contributed by atoms with E-state index in [4.69, 9.17) is 4.74 Å². The number of rotatable bonds is 9. The maximum atomic E-state index is 13.4. The van der Waals surface area contributed by atoms with Crippen LogP contribution in [0.15, 0.2) is 77.7 Å². The normalized spacial score (nSPS) is 11.1. The monoisotopic (exact) mass is 452 g/mol. The van der Waals surface area contributed by atoms with Gasteiger partial charge in [0.1, 0.15) is 18.9 Å². The third-order valence-electron chi connectivity index (χ3n) is 4.90. The quantitative estimate of drug-likeness (QED) is 0.498. The fraction of sp³-hybridized carbons (Fsp3) is 0.240. The molecule has 0 aliphatic carbocycles. The summed E-state index contributed by atoms with van der Waals surface area (Å²) >= 11 is 0. The Morgan fingerprint density at radius 3 is 2.12 bits per heavy atom. The van der Waals surface area contributed by atoms with Crippen molar-refractivity contribution < 1.29 is 17.9 Å². The number of hydrogen-bond acceptors (Lipinski definition) is 4. The first-order valence-electron chi connectivity index (χ1n) is 10.4. The number of nitrogens with zero attached hydrogens (tertiary/aromatic N) is 1. The second-order valence-corrected chi connectivity index (χ2v) is 9.54. The zero-order chi connectivity index (χ0) is 23.1. The average molecular weight is 453 g/mol. The Kier molecular flexibility index (Phi) is 7.53. The predicted octanol–water partition coefficient (Wildman–Crippen LogP) is 4.00. The van der Waals surface area contributed by atoms with Crippen molar-refractivity contribution in [2.45, 2.75) is 25.7 Å². The lowest BCUT2D eigenvalue weighted by Crippen LogP contribution is -2.42. The SMILES string of the molecule is Cc1ccc(OCCNC(=O)CN(c2cccc(C)c2)S(=O)(=O)c2ccc(C)cc2)cc1. The van der Waals surface area contributed by atoms with Gasteiger partial charge in [-0.2, -0.15) is 0 Å². The van der Waals surface area contributed by atoms with Crippen LogP contribution in [-0.4, -0.2) is 34.0 Å². The minimum absolute atomic E-state index is 0.139. The first-order chi connectivity index (χ1) is 15.3. The molecular formula is C25H28N2O4S. The van der Waals surface area contributed by atoms with Crippen molar-refractivity contribution in [2.24, 2.45) is 0 Å². The minimum atomic E-state index is -3.92. The molecule has 168 valence electrons. The van der Waals surface area contributed by atoms with Crippen LogP contribution < -0.4 is 14.4 Å². The molecule has 3 aromatic carbocycles. The summed E-state index contributed by atoms with van der Waals surface area (Å²) < 4.78 is 33.5. The summed E-state index contributed by atoms with van der Waals surface area (Å²) in [5.74, 6) is 0.308. The van der Waals surface area contributed by atoms with Crippen LogP contribution in [0.1, 0.15) is 16.7 Å². The van der Waals surface area contributed by atoms with E-state index in [1.165, 1.54) is 0 Å². The molecule has 32 heavy (non-hydrogen) atoms. The van der Waals surface area contributed by atoms with Crippen LogP contribution in [0.3, 0.4) is 0 Å². The predicted molar refractivity (Wildman–Crippen MR) is 127 cm³/mol. The van der Waals surface area contributed by atoms with Crippen molar-refractivity contribution in [1.29, 1.82) is 0 Å². The summed E-state index contributed by atoms with van der Waals surface area (Å²) in [6, 6.07) is 21.3. The molecule has 0 aliphatic heterocycles. The standard InChI is InChI=1S/C25H28N2O4S/c1-19-7-11-23(12-8-19)31-16-15-26-25(28)18-27(22-6-4-5-21(3)17-22)32(29,30)24-13-9-20(2)10-14-24/h4-14,17H,15-16,18H2,1-3H3,(H,26,28). The Bertz CT molecular complexity index is 1160. The van der Waals surface area contributed by atoms with E-state index in [9.17, 15) is 13.2 Å². The largest absolute Gasteiger partial charge is 0.492 e. The summed E-state index contributed by atoms with van der Waals surface area (Å²) in [5.41, 5.74) is 3.43. The number of carbonyl (C=O) groups excluding carboxylic acids is 1. The molecule has 0 aliphatic rings. The molecule has 0 bridgehead atoms. The zero-order valence-corrected chi connectivity index (χ0v) is 19.4. The van der Waals surface area contributed by atoms with Gasteiger partial charge in [0.15, 0.2) is 0 Å². The second-order valence-electron chi connectivity index (χ2n) is 7.68. The summed E-state index contributed by atoms with van der Waals surface area (Å²) in [6.45, 7) is 5.98. The number of benzene rings is 3. The van der Waals surface area contributed by atoms with Crippen LogP contribution in [0.25, 0.3) is 0 Å². The molecule has 0 saturated heterocycles. The van der Waals surface area contributed by atoms with Gasteiger partial charge in [0, 0.05) is 0 Å². The van der Waals surface area contributed by atoms with Gasteiger partial charge in [-0.3, -0.25) is 9.10 Å². The topological polar surface area (TPSA) is 75.7 Å². The summed E-state index contributed by atoms with van der Waals surface area (Å²) in [5, 5.41) is 2.74. The highest BCUT2D eigenvalue weighted by atomic mass is 32.2. The third kappa shape index (κ3) is 6.11. The lowest BCUT2D eigenvalue weighted by Gasteiger charge is -2.24. The van der Waals surface area contributed by atoms with Gasteiger partial charge in [-0.1, -0.05) is 47.5 Å². The molecule has 0 atom stereocenters. The van der Waals surface area contributed by atoms with E-state index in [0.29, 0.717) is 11.4 Å². The first kappa shape index (κ1) is 23.3. The van der Waals surface area contributed by atoms with E-state index in [1.54, 1.807) is 42.5 Å². The molecule has 1 amide bonds. The van der Waals surface area contributed by atoms with E-state index in [2.05, 4.69) is 5.32 Å². The molecule has 0 aromatic heterocycles. The highest BCUT2D eigenvalue weighted by Crippen LogP contribution is 2.24. The van der Waals surface area contributed by atoms with Gasteiger partial charge >= 0.3 is 0 Å². The Labute approximate surface area is 189 Å². The van der Waals surface area contributed by atoms with Gasteiger partial charge in [0.2, 0.25) is 5.91 Å². The molecule has 6 nitrogen and oxygen atoms in total. The number of aryl methyl sites for hydroxylation is 3. The molecule has 3 rings (SSSR count). The minimum Gasteiger partial charge on any atom is -0.492 e. The van der Waals surface area contributed by atoms with Gasteiger partial charge < -0.3 is 10.1 Å². The number of amides is 1. The van der Waals surface area contributed by atoms with Crippen LogP contribution in [-0.2, 0) is 14.8 Å². The number of hydrogen-bond donors (Lipinski definition) is 1. The van der Waals surface area contributed by atoms with Crippen molar-refractivity contribution in [1.82, 2.24) is 5.32 Å². The van der Waals surface area contributed by atoms with Gasteiger partial charge in [0.05, 0.1) is 17.1 Å². The number of nitrogens with one attached hydrogen (secondary N) is 1. The molecule has 3 aromatic rings. The summed E-state index contributed by atoms with van der Waals surface area (Å²) in [4.78, 5) is 12.8. The Balaban J connectivity index is 1.70. The number of anilines is 1. The first-order valence-corrected chi connectivity index (χ1v) is 11.8. The van der Waals surface area contributed by atoms with Crippen molar-refractivity contribution in [2.75, 3.05) is 24.0 Å². The lowest BCUT2D eigenvalue weighted by atomic mass is 10.2. The van der Waals surface area contributed by atoms with Gasteiger partial charge in [0.25, 0.3) is 10.0 Å². The van der Waals surface area contributed by atoms with Crippen LogP contribution >= 0.6 is 0 Å². The fourth-order valence-electron chi connectivity index (χ4n) is 3.12. The Hall–Kier alpha value is -3.32. The van der Waals surface area contributed by atoms with E-state index in [-0.39, 0.29) is 24.6 Å². The molecule has 0 fully saturated rings. The molecule has 0 unspecified atom stereocenters. The van der Waals surface area contributed by atoms with E-state index in [1.807, 2.05) is 51.1 Å². The molecule has 7 heteroatoms. The highest BCUT2D eigenvalue weighted by Gasteiger charge is 2.27. The second kappa shape index (κ2) is 10.3. The van der Waals surface area contributed by atoms with Crippen molar-refractivity contribution in [3.8, 4) is 5.75 Å². The van der Waals surface area contributed by atoms with E-state index in [0.717, 1.165) is 21.0 Å². The molecular weight excluding hydrogens is 424 g/mol. The lowest BCUT2D eigenvalue weighted by molar-refractivity contribution is -0.119. The van der Waals surface area contributed by atoms with Crippen molar-refractivity contribution in [3.63, 3.8) is 0 Å². The van der Waals surface area contributed by atoms with E-state index >= 15 is 0 Å². The van der Waals surface area contributed by atoms with Crippen LogP contribution in [0.2, 0.25) is 0 Å². The zero-order valence-electron chi connectivity index (χ0n) is 18.5. The number of sulfonamides is 1. The number of carbonyl (C=O) groups is 1. The fourth-order valence-corrected chi connectivity index (χ4v) is 4.53. The van der Waals surface area contributed by atoms with E-state index < -0.39 is 15.9 Å². The maximum absolute atomic E-state index is 13.4. The summed E-state index contributed by atoms with van der Waals surface area (Å²) in [6.07, 6.45) is 0. The maximum Gasteiger partial charge on any atom is 0.264 e. The van der Waals surface area contributed by atoms with Gasteiger partial charge in [-0.25, -0.2) is 8.42 Å². The van der Waals surface area contributed by atoms with Crippen molar-refractivity contribution >= 4 is 21.6 Å². The third-order valence-corrected chi connectivity index (χ3v) is 6.69. The van der Waals surface area contributed by atoms with Crippen LogP contribution in [0.5, 0.6) is 5.75 Å². The van der Waals surface area contributed by atoms with Gasteiger partial charge in [-0.05, 0) is 62.7 Å². The smallest absolute Gasteiger partial charge is 0.264 e.